The second kappa shape index (κ2) is 10.3. The lowest BCUT2D eigenvalue weighted by molar-refractivity contribution is -0.271. The maximum absolute atomic E-state index is 14.9. The van der Waals surface area contributed by atoms with Crippen LogP contribution in [0.25, 0.3) is 16.6 Å². The largest absolute Gasteiger partial charge is 0.416 e. The van der Waals surface area contributed by atoms with Gasteiger partial charge < -0.3 is 10.2 Å². The number of aromatic nitrogens is 2. The molecule has 5 rings (SSSR count). The quantitative estimate of drug-likeness (QED) is 0.236. The number of rotatable bonds is 7. The van der Waals surface area contributed by atoms with Crippen molar-refractivity contribution in [1.82, 2.24) is 9.78 Å². The van der Waals surface area contributed by atoms with E-state index in [1.807, 2.05) is 20.8 Å². The van der Waals surface area contributed by atoms with Crippen LogP contribution in [0.3, 0.4) is 0 Å². The van der Waals surface area contributed by atoms with Crippen molar-refractivity contribution in [2.45, 2.75) is 94.6 Å². The van der Waals surface area contributed by atoms with Crippen molar-refractivity contribution in [3.8, 4) is 5.69 Å². The Bertz CT molecular complexity index is 1310. The molecule has 0 aliphatic heterocycles. The fourth-order valence-corrected chi connectivity index (χ4v) is 10.4. The number of halogens is 4. The maximum atomic E-state index is 14.9. The molecule has 0 radical (unpaired) electrons. The molecule has 0 bridgehead atoms. The molecule has 0 saturated heterocycles. The Morgan fingerprint density at radius 3 is 2.38 bits per heavy atom. The average molecular weight is 562 g/mol. The topological polar surface area (TPSA) is 53.1 Å². The van der Waals surface area contributed by atoms with Crippen molar-refractivity contribution >= 4 is 19.2 Å². The van der Waals surface area contributed by atoms with Gasteiger partial charge in [-0.25, -0.2) is 9.07 Å². The van der Waals surface area contributed by atoms with Gasteiger partial charge in [0, 0.05) is 17.3 Å². The zero-order chi connectivity index (χ0) is 28.1. The third-order valence-electron chi connectivity index (χ3n) is 9.96. The molecule has 39 heavy (non-hydrogen) atoms. The maximum Gasteiger partial charge on any atom is 0.416 e. The van der Waals surface area contributed by atoms with Crippen molar-refractivity contribution in [1.29, 1.82) is 0 Å². The van der Waals surface area contributed by atoms with Gasteiger partial charge >= 0.3 is 6.18 Å². The predicted octanol–water partition coefficient (Wildman–Crippen LogP) is 7.82. The summed E-state index contributed by atoms with van der Waals surface area (Å²) in [5, 5.41) is 5.47. The Balaban J connectivity index is 1.57. The number of nitrogens with two attached hydrogens (primary N) is 1. The highest BCUT2D eigenvalue weighted by molar-refractivity contribution is 6.73. The predicted molar refractivity (Wildman–Crippen MR) is 149 cm³/mol. The first-order valence-corrected chi connectivity index (χ1v) is 16.8. The lowest BCUT2D eigenvalue weighted by Gasteiger charge is -2.54. The van der Waals surface area contributed by atoms with E-state index in [-0.39, 0.29) is 24.6 Å². The zero-order valence-electron chi connectivity index (χ0n) is 23.1. The first-order chi connectivity index (χ1) is 18.6. The van der Waals surface area contributed by atoms with Crippen LogP contribution in [0.1, 0.15) is 64.0 Å². The Hall–Kier alpha value is -2.23. The highest BCUT2D eigenvalue weighted by Crippen LogP contribution is 2.57. The number of hydrogen-bond donors (Lipinski definition) is 1. The molecule has 2 N–H and O–H groups in total. The molecule has 1 saturated carbocycles. The van der Waals surface area contributed by atoms with E-state index in [0.717, 1.165) is 40.6 Å². The summed E-state index contributed by atoms with van der Waals surface area (Å²) in [6, 6.07) is 12.5. The number of hydrogen-bond acceptors (Lipinski definition) is 3. The molecule has 3 atom stereocenters. The van der Waals surface area contributed by atoms with Crippen molar-refractivity contribution in [3.63, 3.8) is 0 Å². The van der Waals surface area contributed by atoms with Gasteiger partial charge in [0.05, 0.1) is 17.4 Å². The summed E-state index contributed by atoms with van der Waals surface area (Å²) in [5.41, 5.74) is 7.73. The lowest BCUT2D eigenvalue weighted by atomic mass is 9.58. The zero-order valence-corrected chi connectivity index (χ0v) is 24.1. The summed E-state index contributed by atoms with van der Waals surface area (Å²) in [6.45, 7) is 6.24. The van der Waals surface area contributed by atoms with Gasteiger partial charge in [0.2, 0.25) is 0 Å². The van der Waals surface area contributed by atoms with Crippen molar-refractivity contribution in [3.05, 3.63) is 59.5 Å². The van der Waals surface area contributed by atoms with Crippen LogP contribution in [-0.4, -0.2) is 36.4 Å². The summed E-state index contributed by atoms with van der Waals surface area (Å²) in [4.78, 5) is 0. The van der Waals surface area contributed by atoms with Gasteiger partial charge in [0.1, 0.15) is 5.82 Å². The minimum absolute atomic E-state index is 0.0330. The van der Waals surface area contributed by atoms with E-state index in [0.29, 0.717) is 37.5 Å². The Morgan fingerprint density at radius 2 is 1.77 bits per heavy atom. The summed E-state index contributed by atoms with van der Waals surface area (Å²) in [7, 11) is -2.52. The molecule has 4 nitrogen and oxygen atoms in total. The molecule has 1 aromatic heterocycles. The standard InChI is InChI=1S/C30H39F4N3OSi/c1-4-39(5-2,6-3)38-29(30(32,33)34)15-14-28(20-35)23(18-29)9-7-8-21-17-27-22(16-26(21)28)19-36-37(27)25-12-10-24(31)11-13-25/h10-13,16-17,19,23H,4-9,14-15,18,20,35H2,1-3H3/t23-,28+,29-/m1/s1. The highest BCUT2D eigenvalue weighted by Gasteiger charge is 2.64. The number of nitrogens with zero attached hydrogens (tertiary/aromatic N) is 2. The van der Waals surface area contributed by atoms with E-state index in [1.54, 1.807) is 23.0 Å². The van der Waals surface area contributed by atoms with Gasteiger partial charge in [-0.1, -0.05) is 20.8 Å². The first kappa shape index (κ1) is 28.3. The minimum Gasteiger partial charge on any atom is -0.403 e. The molecule has 0 amide bonds. The van der Waals surface area contributed by atoms with Crippen LogP contribution in [0.2, 0.25) is 18.1 Å². The number of fused-ring (bicyclic) bond motifs is 4. The minimum atomic E-state index is -4.43. The second-order valence-corrected chi connectivity index (χ2v) is 16.3. The molecule has 9 heteroatoms. The van der Waals surface area contributed by atoms with Crippen LogP contribution < -0.4 is 5.73 Å². The number of alkyl halides is 3. The third kappa shape index (κ3) is 4.64. The second-order valence-electron chi connectivity index (χ2n) is 11.6. The molecule has 3 aromatic rings. The van der Waals surface area contributed by atoms with Crippen LogP contribution in [-0.2, 0) is 16.3 Å². The number of aryl methyl sites for hydroxylation is 1. The van der Waals surface area contributed by atoms with Gasteiger partial charge in [-0.2, -0.15) is 18.3 Å². The Labute approximate surface area is 229 Å². The van der Waals surface area contributed by atoms with E-state index < -0.39 is 25.5 Å². The molecular weight excluding hydrogens is 522 g/mol. The average Bonchev–Trinajstić information content (AvgIpc) is 3.27. The fraction of sp³-hybridized carbons (Fsp3) is 0.567. The molecule has 0 unspecified atom stereocenters. The van der Waals surface area contributed by atoms with E-state index in [9.17, 15) is 17.6 Å². The molecule has 212 valence electrons. The smallest absolute Gasteiger partial charge is 0.403 e. The van der Waals surface area contributed by atoms with E-state index >= 15 is 0 Å². The summed E-state index contributed by atoms with van der Waals surface area (Å²) >= 11 is 0. The molecule has 1 heterocycles. The van der Waals surface area contributed by atoms with Crippen LogP contribution in [0.5, 0.6) is 0 Å². The van der Waals surface area contributed by atoms with Crippen molar-refractivity contribution < 1.29 is 22.0 Å². The third-order valence-corrected chi connectivity index (χ3v) is 14.6. The van der Waals surface area contributed by atoms with Crippen molar-refractivity contribution in [2.24, 2.45) is 11.7 Å². The van der Waals surface area contributed by atoms with Crippen LogP contribution in [0.15, 0.2) is 42.6 Å². The van der Waals surface area contributed by atoms with E-state index in [2.05, 4.69) is 17.2 Å². The first-order valence-electron chi connectivity index (χ1n) is 14.3. The van der Waals surface area contributed by atoms with Crippen LogP contribution >= 0.6 is 0 Å². The van der Waals surface area contributed by atoms with E-state index in [4.69, 9.17) is 10.2 Å². The SMILES string of the molecule is CC[Si](CC)(CC)O[C@]1(C(F)(F)F)CC[C@@]2(CN)c3cc4cnn(-c5ccc(F)cc5)c4cc3CCC[C@@H]2C1. The Kier molecular flexibility index (Phi) is 7.48. The van der Waals surface area contributed by atoms with Crippen LogP contribution in [0.4, 0.5) is 17.6 Å². The van der Waals surface area contributed by atoms with Gasteiger partial charge in [-0.15, -0.1) is 0 Å². The van der Waals surface area contributed by atoms with Gasteiger partial charge in [-0.05, 0) is 110 Å². The van der Waals surface area contributed by atoms with Gasteiger partial charge in [0.25, 0.3) is 0 Å². The molecule has 1 fully saturated rings. The fourth-order valence-electron chi connectivity index (χ4n) is 7.34. The lowest BCUT2D eigenvalue weighted by Crippen LogP contribution is -2.62. The molecular formula is C30H39F4N3OSi. The van der Waals surface area contributed by atoms with Crippen molar-refractivity contribution in [2.75, 3.05) is 6.54 Å². The number of benzene rings is 2. The molecule has 2 aromatic carbocycles. The summed E-state index contributed by atoms with van der Waals surface area (Å²) < 4.78 is 66.6. The normalized spacial score (nSPS) is 25.8. The molecule has 0 spiro atoms. The summed E-state index contributed by atoms with van der Waals surface area (Å²) in [5.74, 6) is -0.533. The Morgan fingerprint density at radius 1 is 1.08 bits per heavy atom. The summed E-state index contributed by atoms with van der Waals surface area (Å²) in [6.07, 6.45) is -0.150. The molecule has 2 aliphatic carbocycles. The van der Waals surface area contributed by atoms with E-state index in [1.165, 1.54) is 12.1 Å². The van der Waals surface area contributed by atoms with Gasteiger partial charge in [0.15, 0.2) is 13.9 Å². The van der Waals surface area contributed by atoms with Gasteiger partial charge in [-0.3, -0.25) is 0 Å². The van der Waals surface area contributed by atoms with Crippen LogP contribution in [0, 0.1) is 11.7 Å². The highest BCUT2D eigenvalue weighted by atomic mass is 28.4. The molecule has 2 aliphatic rings. The monoisotopic (exact) mass is 561 g/mol.